The first-order chi connectivity index (χ1) is 21.7. The Kier molecular flexibility index (Phi) is 9.19. The molecule has 1 aromatic heterocycles. The van der Waals surface area contributed by atoms with Crippen molar-refractivity contribution in [1.82, 2.24) is 4.98 Å². The van der Waals surface area contributed by atoms with Gasteiger partial charge in [-0.3, -0.25) is 9.59 Å². The Morgan fingerprint density at radius 2 is 1.67 bits per heavy atom. The molecule has 3 aliphatic rings. The molecule has 240 valence electrons. The van der Waals surface area contributed by atoms with Crippen LogP contribution in [-0.2, 0) is 29.0 Å². The van der Waals surface area contributed by atoms with E-state index in [4.69, 9.17) is 15.2 Å². The Morgan fingerprint density at radius 3 is 2.33 bits per heavy atom. The second kappa shape index (κ2) is 13.3. The van der Waals surface area contributed by atoms with Crippen LogP contribution in [-0.4, -0.2) is 55.9 Å². The molecule has 45 heavy (non-hydrogen) atoms. The summed E-state index contributed by atoms with van der Waals surface area (Å²) < 4.78 is 11.3. The van der Waals surface area contributed by atoms with Crippen molar-refractivity contribution in [2.24, 2.45) is 5.73 Å². The van der Waals surface area contributed by atoms with Crippen molar-refractivity contribution in [3.05, 3.63) is 85.3 Å². The van der Waals surface area contributed by atoms with Crippen LogP contribution in [0.25, 0.3) is 0 Å². The number of benzene rings is 2. The maximum Gasteiger partial charge on any atom is 0.251 e. The van der Waals surface area contributed by atoms with Gasteiger partial charge in [-0.2, -0.15) is 0 Å². The highest BCUT2D eigenvalue weighted by molar-refractivity contribution is 5.98. The van der Waals surface area contributed by atoms with E-state index in [1.54, 1.807) is 0 Å². The molecule has 2 saturated heterocycles. The second-order valence-electron chi connectivity index (χ2n) is 12.9. The number of nitrogens with one attached hydrogen (secondary N) is 2. The lowest BCUT2D eigenvalue weighted by Gasteiger charge is -2.39. The maximum absolute atomic E-state index is 13.4. The van der Waals surface area contributed by atoms with Crippen LogP contribution in [0.5, 0.6) is 0 Å². The number of fused-ring (bicyclic) bond motifs is 1. The molecule has 4 N–H and O–H groups in total. The quantitative estimate of drug-likeness (QED) is 0.308. The number of aromatic amines is 1. The fourth-order valence-electron chi connectivity index (χ4n) is 7.51. The maximum atomic E-state index is 13.4. The molecule has 0 atom stereocenters. The predicted octanol–water partition coefficient (Wildman–Crippen LogP) is 5.11. The van der Waals surface area contributed by atoms with Gasteiger partial charge in [0.15, 0.2) is 0 Å². The number of nitrogens with zero attached hydrogens (tertiary/aromatic N) is 2. The summed E-state index contributed by atoms with van der Waals surface area (Å²) in [5.41, 5.74) is 16.7. The molecule has 0 radical (unpaired) electrons. The number of nitrogens with two attached hydrogens (primary N) is 1. The average Bonchev–Trinajstić information content (AvgIpc) is 3.44. The molecule has 2 aromatic carbocycles. The van der Waals surface area contributed by atoms with Crippen molar-refractivity contribution in [2.45, 2.75) is 85.0 Å². The van der Waals surface area contributed by atoms with Gasteiger partial charge in [0.1, 0.15) is 0 Å². The van der Waals surface area contributed by atoms with Gasteiger partial charge < -0.3 is 35.3 Å². The highest BCUT2D eigenvalue weighted by Gasteiger charge is 2.31. The highest BCUT2D eigenvalue weighted by atomic mass is 16.5. The number of carbonyl (C=O) groups excluding carboxylic acids is 1. The standard InChI is InChI=1S/C36H47N5O4/c1-5-41(29-10-14-45-15-11-29)34-24(4)31(35(37)42)19-33(32(34)18-30-22(2)16-23(3)38-36(30)43)40-20-25-6-7-28(17-26(25)21-40)39-27-8-12-44-13-9-27/h6-7,16-17,19,27,29,39H,5,8-15,18,20-21H2,1-4H3,(H2,37,42)(H,38,43). The van der Waals surface area contributed by atoms with Gasteiger partial charge in [-0.1, -0.05) is 6.07 Å². The summed E-state index contributed by atoms with van der Waals surface area (Å²) in [4.78, 5) is 34.2. The van der Waals surface area contributed by atoms with E-state index in [-0.39, 0.29) is 11.6 Å². The first-order valence-corrected chi connectivity index (χ1v) is 16.4. The van der Waals surface area contributed by atoms with Crippen LogP contribution < -0.4 is 26.4 Å². The van der Waals surface area contributed by atoms with Gasteiger partial charge in [0.05, 0.1) is 0 Å². The molecule has 9 heteroatoms. The normalized spacial score (nSPS) is 17.4. The minimum absolute atomic E-state index is 0.0660. The van der Waals surface area contributed by atoms with Gasteiger partial charge in [-0.05, 0) is 99.9 Å². The van der Waals surface area contributed by atoms with Crippen molar-refractivity contribution in [3.8, 4) is 0 Å². The minimum atomic E-state index is -0.436. The van der Waals surface area contributed by atoms with Gasteiger partial charge in [-0.15, -0.1) is 0 Å². The Morgan fingerprint density at radius 1 is 0.978 bits per heavy atom. The van der Waals surface area contributed by atoms with Gasteiger partial charge in [0.25, 0.3) is 5.56 Å². The number of aryl methyl sites for hydroxylation is 2. The topological polar surface area (TPSA) is 113 Å². The van der Waals surface area contributed by atoms with E-state index in [0.29, 0.717) is 44.3 Å². The third kappa shape index (κ3) is 6.47. The van der Waals surface area contributed by atoms with E-state index in [9.17, 15) is 9.59 Å². The van der Waals surface area contributed by atoms with Crippen LogP contribution in [0.4, 0.5) is 17.1 Å². The van der Waals surface area contributed by atoms with E-state index < -0.39 is 5.91 Å². The van der Waals surface area contributed by atoms with Crippen LogP contribution in [0.15, 0.2) is 35.1 Å². The van der Waals surface area contributed by atoms with E-state index >= 15 is 0 Å². The number of hydrogen-bond acceptors (Lipinski definition) is 7. The Hall–Kier alpha value is -3.82. The van der Waals surface area contributed by atoms with E-state index in [1.807, 2.05) is 32.9 Å². The van der Waals surface area contributed by atoms with Gasteiger partial charge in [-0.25, -0.2) is 0 Å². The molecular weight excluding hydrogens is 566 g/mol. The lowest BCUT2D eigenvalue weighted by Crippen LogP contribution is -2.41. The first-order valence-electron chi connectivity index (χ1n) is 16.4. The number of hydrogen-bond donors (Lipinski definition) is 3. The minimum Gasteiger partial charge on any atom is -0.382 e. The van der Waals surface area contributed by atoms with Gasteiger partial charge in [0, 0.05) is 104 Å². The third-order valence-electron chi connectivity index (χ3n) is 9.87. The van der Waals surface area contributed by atoms with E-state index in [0.717, 1.165) is 90.5 Å². The number of anilines is 3. The van der Waals surface area contributed by atoms with Crippen LogP contribution in [0.1, 0.15) is 82.0 Å². The van der Waals surface area contributed by atoms with Crippen molar-refractivity contribution in [2.75, 3.05) is 48.1 Å². The van der Waals surface area contributed by atoms with Crippen molar-refractivity contribution < 1.29 is 14.3 Å². The third-order valence-corrected chi connectivity index (χ3v) is 9.87. The SMILES string of the molecule is CCN(c1c(C)c(C(N)=O)cc(N2Cc3ccc(NC4CCOCC4)cc3C2)c1Cc1c(C)cc(C)[nH]c1=O)C1CCOCC1. The number of pyridine rings is 1. The smallest absolute Gasteiger partial charge is 0.251 e. The number of ether oxygens (including phenoxy) is 2. The fraction of sp³-hybridized carbons (Fsp3) is 0.500. The average molecular weight is 614 g/mol. The van der Waals surface area contributed by atoms with Crippen LogP contribution in [0.2, 0.25) is 0 Å². The van der Waals surface area contributed by atoms with Gasteiger partial charge >= 0.3 is 0 Å². The molecule has 9 nitrogen and oxygen atoms in total. The number of rotatable bonds is 9. The van der Waals surface area contributed by atoms with Crippen LogP contribution in [0, 0.1) is 20.8 Å². The number of carbonyl (C=O) groups is 1. The summed E-state index contributed by atoms with van der Waals surface area (Å²) in [7, 11) is 0. The summed E-state index contributed by atoms with van der Waals surface area (Å²) >= 11 is 0. The molecule has 4 heterocycles. The fourth-order valence-corrected chi connectivity index (χ4v) is 7.51. The summed E-state index contributed by atoms with van der Waals surface area (Å²) in [5.74, 6) is -0.436. The summed E-state index contributed by atoms with van der Waals surface area (Å²) in [5, 5.41) is 3.71. The van der Waals surface area contributed by atoms with Crippen LogP contribution in [0.3, 0.4) is 0 Å². The Bertz CT molecular complexity index is 1620. The zero-order valence-corrected chi connectivity index (χ0v) is 27.1. The van der Waals surface area contributed by atoms with Crippen LogP contribution >= 0.6 is 0 Å². The molecule has 0 saturated carbocycles. The number of amides is 1. The molecule has 0 spiro atoms. The van der Waals surface area contributed by atoms with Crippen molar-refractivity contribution >= 4 is 23.0 Å². The molecule has 3 aromatic rings. The zero-order chi connectivity index (χ0) is 31.7. The molecule has 0 aliphatic carbocycles. The number of primary amides is 1. The number of H-pyrrole nitrogens is 1. The molecule has 2 fully saturated rings. The summed E-state index contributed by atoms with van der Waals surface area (Å²) in [6.07, 6.45) is 4.28. The lowest BCUT2D eigenvalue weighted by molar-refractivity contribution is 0.0845. The van der Waals surface area contributed by atoms with E-state index in [1.165, 1.54) is 11.1 Å². The highest BCUT2D eigenvalue weighted by Crippen LogP contribution is 2.42. The second-order valence-corrected chi connectivity index (χ2v) is 12.9. The summed E-state index contributed by atoms with van der Waals surface area (Å²) in [6.45, 7) is 13.3. The monoisotopic (exact) mass is 613 g/mol. The molecule has 0 bridgehead atoms. The Labute approximate surface area is 266 Å². The molecule has 3 aliphatic heterocycles. The first kappa shape index (κ1) is 31.2. The molecule has 0 unspecified atom stereocenters. The number of aromatic nitrogens is 1. The molecule has 1 amide bonds. The lowest BCUT2D eigenvalue weighted by atomic mass is 9.91. The Balaban J connectivity index is 1.46. The molecular formula is C36H47N5O4. The van der Waals surface area contributed by atoms with E-state index in [2.05, 4.69) is 45.2 Å². The zero-order valence-electron chi connectivity index (χ0n) is 27.1. The van der Waals surface area contributed by atoms with Gasteiger partial charge in [0.2, 0.25) is 5.91 Å². The summed E-state index contributed by atoms with van der Waals surface area (Å²) in [6, 6.07) is 11.4. The van der Waals surface area contributed by atoms with Crippen molar-refractivity contribution in [1.29, 1.82) is 0 Å². The predicted molar refractivity (Wildman–Crippen MR) is 180 cm³/mol. The molecule has 6 rings (SSSR count). The van der Waals surface area contributed by atoms with Crippen molar-refractivity contribution in [3.63, 3.8) is 0 Å². The largest absolute Gasteiger partial charge is 0.382 e.